The van der Waals surface area contributed by atoms with Gasteiger partial charge in [0.05, 0.1) is 17.8 Å². The molecule has 0 radical (unpaired) electrons. The fourth-order valence-electron chi connectivity index (χ4n) is 4.95. The largest absolute Gasteiger partial charge is 0.401 e. The third-order valence-electron chi connectivity index (χ3n) is 6.25. The molecule has 162 valence electrons. The van der Waals surface area contributed by atoms with Gasteiger partial charge in [0.2, 0.25) is 0 Å². The average Bonchev–Trinajstić information content (AvgIpc) is 3.46. The second kappa shape index (κ2) is 8.03. The Morgan fingerprint density at radius 1 is 1.06 bits per heavy atom. The molecular formula is C22H23F3N6. The SMILES string of the molecule is FC(F)(F)CN1CCc2nc(C3CCCC3)c(-c3nnn[nH]3)c(-c3ccccc3)c2C1. The minimum atomic E-state index is -4.24. The lowest BCUT2D eigenvalue weighted by molar-refractivity contribution is -0.147. The van der Waals surface area contributed by atoms with E-state index in [0.717, 1.165) is 59.3 Å². The molecule has 1 aliphatic heterocycles. The van der Waals surface area contributed by atoms with Crippen LogP contribution in [-0.2, 0) is 13.0 Å². The molecule has 1 aromatic carbocycles. The van der Waals surface area contributed by atoms with Crippen LogP contribution in [0.5, 0.6) is 0 Å². The third-order valence-corrected chi connectivity index (χ3v) is 6.25. The molecule has 1 N–H and O–H groups in total. The van der Waals surface area contributed by atoms with Crippen LogP contribution in [0.3, 0.4) is 0 Å². The first-order chi connectivity index (χ1) is 15.0. The number of hydrogen-bond acceptors (Lipinski definition) is 5. The summed E-state index contributed by atoms with van der Waals surface area (Å²) in [5.74, 6) is 0.824. The second-order valence-electron chi connectivity index (χ2n) is 8.35. The maximum atomic E-state index is 13.1. The minimum Gasteiger partial charge on any atom is -0.290 e. The zero-order valence-corrected chi connectivity index (χ0v) is 17.0. The monoisotopic (exact) mass is 428 g/mol. The maximum absolute atomic E-state index is 13.1. The van der Waals surface area contributed by atoms with Gasteiger partial charge in [0.1, 0.15) is 0 Å². The van der Waals surface area contributed by atoms with Gasteiger partial charge in [-0.15, -0.1) is 5.10 Å². The van der Waals surface area contributed by atoms with Crippen molar-refractivity contribution in [2.75, 3.05) is 13.1 Å². The first-order valence-electron chi connectivity index (χ1n) is 10.6. The van der Waals surface area contributed by atoms with E-state index in [0.29, 0.717) is 24.7 Å². The van der Waals surface area contributed by atoms with Crippen molar-refractivity contribution in [3.8, 4) is 22.5 Å². The highest BCUT2D eigenvalue weighted by Gasteiger charge is 2.35. The maximum Gasteiger partial charge on any atom is 0.401 e. The zero-order chi connectivity index (χ0) is 21.4. The topological polar surface area (TPSA) is 70.6 Å². The Kier molecular flexibility index (Phi) is 5.21. The number of benzene rings is 1. The molecular weight excluding hydrogens is 405 g/mol. The summed E-state index contributed by atoms with van der Waals surface area (Å²) in [6.07, 6.45) is 0.665. The summed E-state index contributed by atoms with van der Waals surface area (Å²) < 4.78 is 39.4. The second-order valence-corrected chi connectivity index (χ2v) is 8.35. The standard InChI is InChI=1S/C22H23F3N6/c23-22(24,25)13-31-11-10-17-16(12-31)18(14-6-2-1-3-7-14)19(21-27-29-30-28-21)20(26-17)15-8-4-5-9-15/h1-3,6-7,15H,4-5,8-13H2,(H,27,28,29,30). The molecule has 31 heavy (non-hydrogen) atoms. The lowest BCUT2D eigenvalue weighted by Crippen LogP contribution is -2.38. The van der Waals surface area contributed by atoms with Gasteiger partial charge in [0, 0.05) is 36.7 Å². The Morgan fingerprint density at radius 3 is 2.52 bits per heavy atom. The summed E-state index contributed by atoms with van der Waals surface area (Å²) in [5.41, 5.74) is 5.39. The summed E-state index contributed by atoms with van der Waals surface area (Å²) in [4.78, 5) is 6.50. The summed E-state index contributed by atoms with van der Waals surface area (Å²) in [6.45, 7) is -0.378. The average molecular weight is 428 g/mol. The van der Waals surface area contributed by atoms with E-state index >= 15 is 0 Å². The number of rotatable bonds is 4. The first-order valence-corrected chi connectivity index (χ1v) is 10.6. The Balaban J connectivity index is 1.73. The molecule has 6 nitrogen and oxygen atoms in total. The van der Waals surface area contributed by atoms with Crippen LogP contribution in [-0.4, -0.2) is 49.8 Å². The van der Waals surface area contributed by atoms with E-state index < -0.39 is 12.7 Å². The highest BCUT2D eigenvalue weighted by atomic mass is 19.4. The number of nitrogens with one attached hydrogen (secondary N) is 1. The molecule has 0 bridgehead atoms. The number of halogens is 3. The Labute approximate surface area is 177 Å². The van der Waals surface area contributed by atoms with Crippen molar-refractivity contribution in [1.29, 1.82) is 0 Å². The molecule has 0 saturated heterocycles. The number of hydrogen-bond donors (Lipinski definition) is 1. The molecule has 1 aliphatic carbocycles. The number of H-pyrrole nitrogens is 1. The van der Waals surface area contributed by atoms with Gasteiger partial charge in [-0.1, -0.05) is 43.2 Å². The van der Waals surface area contributed by atoms with Crippen LogP contribution in [0.25, 0.3) is 22.5 Å². The number of nitrogens with zero attached hydrogens (tertiary/aromatic N) is 5. The molecule has 0 unspecified atom stereocenters. The van der Waals surface area contributed by atoms with E-state index in [1.54, 1.807) is 0 Å². The van der Waals surface area contributed by atoms with E-state index in [-0.39, 0.29) is 6.54 Å². The number of pyridine rings is 1. The molecule has 1 fully saturated rings. The van der Waals surface area contributed by atoms with Crippen LogP contribution in [0, 0.1) is 0 Å². The van der Waals surface area contributed by atoms with Crippen LogP contribution in [0.1, 0.15) is 48.6 Å². The fourth-order valence-corrected chi connectivity index (χ4v) is 4.95. The summed E-state index contributed by atoms with van der Waals surface area (Å²) in [6, 6.07) is 9.79. The Morgan fingerprint density at radius 2 is 1.84 bits per heavy atom. The molecule has 2 aromatic heterocycles. The van der Waals surface area contributed by atoms with Crippen LogP contribution in [0.4, 0.5) is 13.2 Å². The van der Waals surface area contributed by atoms with Crippen LogP contribution in [0.2, 0.25) is 0 Å². The van der Waals surface area contributed by atoms with Gasteiger partial charge in [-0.05, 0) is 34.4 Å². The van der Waals surface area contributed by atoms with Crippen LogP contribution < -0.4 is 0 Å². The van der Waals surface area contributed by atoms with E-state index in [2.05, 4.69) is 20.6 Å². The highest BCUT2D eigenvalue weighted by Crippen LogP contribution is 2.44. The lowest BCUT2D eigenvalue weighted by atomic mass is 9.86. The highest BCUT2D eigenvalue weighted by molar-refractivity contribution is 5.85. The van der Waals surface area contributed by atoms with Crippen LogP contribution >= 0.6 is 0 Å². The van der Waals surface area contributed by atoms with E-state index in [9.17, 15) is 13.2 Å². The number of aromatic amines is 1. The summed E-state index contributed by atoms with van der Waals surface area (Å²) in [7, 11) is 0. The van der Waals surface area contributed by atoms with Gasteiger partial charge in [-0.2, -0.15) is 13.2 Å². The van der Waals surface area contributed by atoms with Crippen molar-refractivity contribution in [2.24, 2.45) is 0 Å². The predicted octanol–water partition coefficient (Wildman–Crippen LogP) is 4.51. The molecule has 2 aliphatic rings. The number of fused-ring (bicyclic) bond motifs is 1. The Bertz CT molecular complexity index is 1040. The number of alkyl halides is 3. The van der Waals surface area contributed by atoms with Gasteiger partial charge in [0.25, 0.3) is 0 Å². The van der Waals surface area contributed by atoms with Gasteiger partial charge in [0.15, 0.2) is 5.82 Å². The van der Waals surface area contributed by atoms with Crippen molar-refractivity contribution >= 4 is 0 Å². The fraction of sp³-hybridized carbons (Fsp3) is 0.455. The smallest absolute Gasteiger partial charge is 0.290 e. The molecule has 0 amide bonds. The quantitative estimate of drug-likeness (QED) is 0.662. The summed E-state index contributed by atoms with van der Waals surface area (Å²) >= 11 is 0. The summed E-state index contributed by atoms with van der Waals surface area (Å²) in [5, 5.41) is 14.6. The molecule has 0 atom stereocenters. The van der Waals surface area contributed by atoms with E-state index in [1.165, 1.54) is 4.90 Å². The molecule has 3 heterocycles. The molecule has 1 saturated carbocycles. The van der Waals surface area contributed by atoms with Crippen molar-refractivity contribution < 1.29 is 13.2 Å². The van der Waals surface area contributed by atoms with Gasteiger partial charge in [-0.25, -0.2) is 5.10 Å². The van der Waals surface area contributed by atoms with Gasteiger partial charge >= 0.3 is 6.18 Å². The third kappa shape index (κ3) is 4.06. The van der Waals surface area contributed by atoms with Crippen molar-refractivity contribution in [2.45, 2.75) is 50.7 Å². The molecule has 0 spiro atoms. The molecule has 9 heteroatoms. The molecule has 5 rings (SSSR count). The van der Waals surface area contributed by atoms with Crippen molar-refractivity contribution in [3.63, 3.8) is 0 Å². The Hall–Kier alpha value is -2.81. The van der Waals surface area contributed by atoms with Crippen molar-refractivity contribution in [3.05, 3.63) is 47.3 Å². The van der Waals surface area contributed by atoms with Crippen molar-refractivity contribution in [1.82, 2.24) is 30.5 Å². The lowest BCUT2D eigenvalue weighted by Gasteiger charge is -2.32. The number of tetrazole rings is 1. The predicted molar refractivity (Wildman–Crippen MR) is 109 cm³/mol. The first kappa shape index (κ1) is 20.1. The minimum absolute atomic E-state index is 0.200. The normalized spacial score (nSPS) is 17.8. The van der Waals surface area contributed by atoms with Gasteiger partial charge < -0.3 is 0 Å². The number of aromatic nitrogens is 5. The van der Waals surface area contributed by atoms with Gasteiger partial charge in [-0.3, -0.25) is 9.88 Å². The van der Waals surface area contributed by atoms with Crippen LogP contribution in [0.15, 0.2) is 30.3 Å². The molecule has 3 aromatic rings. The van der Waals surface area contributed by atoms with E-state index in [1.807, 2.05) is 30.3 Å². The van der Waals surface area contributed by atoms with E-state index in [4.69, 9.17) is 4.98 Å². The zero-order valence-electron chi connectivity index (χ0n) is 17.0.